The first-order chi connectivity index (χ1) is 19.2. The van der Waals surface area contributed by atoms with Gasteiger partial charge in [-0.25, -0.2) is 19.0 Å². The van der Waals surface area contributed by atoms with Gasteiger partial charge in [-0.05, 0) is 49.4 Å². The molecule has 0 atom stereocenters. The van der Waals surface area contributed by atoms with Crippen LogP contribution >= 0.6 is 11.6 Å². The molecule has 0 unspecified atom stereocenters. The molecule has 2 aromatic heterocycles. The van der Waals surface area contributed by atoms with Gasteiger partial charge in [-0.15, -0.1) is 0 Å². The Morgan fingerprint density at radius 2 is 1.82 bits per heavy atom. The van der Waals surface area contributed by atoms with Crippen molar-refractivity contribution in [2.45, 2.75) is 6.92 Å². The number of rotatable bonds is 6. The number of hydrogen-bond acceptors (Lipinski definition) is 6. The van der Waals surface area contributed by atoms with E-state index in [0.29, 0.717) is 33.3 Å². The van der Waals surface area contributed by atoms with Crippen LogP contribution in [0.4, 0.5) is 15.9 Å². The van der Waals surface area contributed by atoms with Gasteiger partial charge < -0.3 is 15.8 Å². The minimum atomic E-state index is -0.557. The van der Waals surface area contributed by atoms with Crippen LogP contribution in [0.5, 0.6) is 5.75 Å². The normalized spacial score (nSPS) is 10.9. The van der Waals surface area contributed by atoms with Crippen molar-refractivity contribution in [3.63, 3.8) is 0 Å². The number of amides is 1. The lowest BCUT2D eigenvalue weighted by Crippen LogP contribution is -2.25. The molecule has 9 nitrogen and oxygen atoms in total. The van der Waals surface area contributed by atoms with Crippen molar-refractivity contribution < 1.29 is 13.9 Å². The smallest absolute Gasteiger partial charge is 0.284 e. The highest BCUT2D eigenvalue weighted by molar-refractivity contribution is 6.30. The zero-order chi connectivity index (χ0) is 28.6. The number of ether oxygens (including phenoxy) is 1. The molecule has 3 aromatic carbocycles. The minimum Gasteiger partial charge on any atom is -0.494 e. The van der Waals surface area contributed by atoms with Gasteiger partial charge in [-0.1, -0.05) is 35.9 Å². The number of halogens is 2. The third-order valence-electron chi connectivity index (χ3n) is 6.51. The van der Waals surface area contributed by atoms with Gasteiger partial charge >= 0.3 is 0 Å². The molecule has 0 aliphatic rings. The van der Waals surface area contributed by atoms with Crippen LogP contribution in [0, 0.1) is 12.7 Å². The lowest BCUT2D eigenvalue weighted by atomic mass is 10.1. The van der Waals surface area contributed by atoms with Gasteiger partial charge in [0, 0.05) is 28.9 Å². The summed E-state index contributed by atoms with van der Waals surface area (Å²) in [5, 5.41) is 3.24. The molecule has 2 heterocycles. The molecule has 0 saturated carbocycles. The maximum atomic E-state index is 14.8. The van der Waals surface area contributed by atoms with E-state index in [0.717, 1.165) is 0 Å². The summed E-state index contributed by atoms with van der Waals surface area (Å²) < 4.78 is 22.9. The fourth-order valence-electron chi connectivity index (χ4n) is 4.38. The van der Waals surface area contributed by atoms with E-state index in [2.05, 4.69) is 15.3 Å². The summed E-state index contributed by atoms with van der Waals surface area (Å²) in [6.45, 7) is 1.69. The topological polar surface area (TPSA) is 117 Å². The third kappa shape index (κ3) is 4.80. The zero-order valence-electron chi connectivity index (χ0n) is 21.8. The highest BCUT2D eigenvalue weighted by Crippen LogP contribution is 2.31. The predicted molar refractivity (Wildman–Crippen MR) is 153 cm³/mol. The molecule has 0 bridgehead atoms. The molecule has 3 N–H and O–H groups in total. The van der Waals surface area contributed by atoms with Gasteiger partial charge in [0.25, 0.3) is 11.5 Å². The van der Waals surface area contributed by atoms with E-state index in [1.807, 2.05) is 0 Å². The molecule has 0 fully saturated rings. The van der Waals surface area contributed by atoms with Crippen molar-refractivity contribution >= 4 is 29.0 Å². The molecule has 0 spiro atoms. The summed E-state index contributed by atoms with van der Waals surface area (Å²) in [6.07, 6.45) is 1.39. The minimum absolute atomic E-state index is 0.00896. The SMILES string of the molecule is COc1cccc(-c2cnc(N)c(-c3ccc(NC(=O)c4c(C)n(C)n(-c5cccc(Cl)c5)c4=O)cc3)n2)c1F. The standard InChI is InChI=1S/C29H24ClFN6O3/c1-16-24(29(39)37(36(16)2)20-7-4-6-18(30)14-20)28(38)34-19-12-10-17(11-13-19)26-27(32)33-15-22(35-26)21-8-5-9-23(40-3)25(21)31/h4-15H,1-3H3,(H2,32,33)(H,34,38). The Kier molecular flexibility index (Phi) is 7.10. The molecule has 1 amide bonds. The first-order valence-electron chi connectivity index (χ1n) is 12.1. The van der Waals surface area contributed by atoms with E-state index < -0.39 is 17.3 Å². The summed E-state index contributed by atoms with van der Waals surface area (Å²) in [7, 11) is 3.08. The number of nitrogens with zero attached hydrogens (tertiary/aromatic N) is 4. The Balaban J connectivity index is 1.42. The number of anilines is 2. The summed E-state index contributed by atoms with van der Waals surface area (Å²) in [5.41, 5.74) is 8.57. The van der Waals surface area contributed by atoms with Crippen LogP contribution in [0.15, 0.2) is 77.7 Å². The largest absolute Gasteiger partial charge is 0.494 e. The van der Waals surface area contributed by atoms with Crippen molar-refractivity contribution in [2.75, 3.05) is 18.2 Å². The monoisotopic (exact) mass is 558 g/mol. The number of carbonyl (C=O) groups is 1. The zero-order valence-corrected chi connectivity index (χ0v) is 22.5. The highest BCUT2D eigenvalue weighted by Gasteiger charge is 2.23. The van der Waals surface area contributed by atoms with Crippen molar-refractivity contribution in [1.82, 2.24) is 19.3 Å². The fraction of sp³-hybridized carbons (Fsp3) is 0.103. The van der Waals surface area contributed by atoms with E-state index in [4.69, 9.17) is 22.1 Å². The van der Waals surface area contributed by atoms with Crippen LogP contribution in [0.1, 0.15) is 16.1 Å². The quantitative estimate of drug-likeness (QED) is 0.294. The third-order valence-corrected chi connectivity index (χ3v) is 6.74. The molecule has 0 radical (unpaired) electrons. The molecule has 40 heavy (non-hydrogen) atoms. The molecule has 11 heteroatoms. The molecule has 0 saturated heterocycles. The van der Waals surface area contributed by atoms with Crippen LogP contribution < -0.4 is 21.3 Å². The molecule has 202 valence electrons. The Bertz CT molecular complexity index is 1810. The van der Waals surface area contributed by atoms with E-state index >= 15 is 0 Å². The predicted octanol–water partition coefficient (Wildman–Crippen LogP) is 5.24. The van der Waals surface area contributed by atoms with Crippen LogP contribution in [0.3, 0.4) is 0 Å². The second-order valence-corrected chi connectivity index (χ2v) is 9.36. The van der Waals surface area contributed by atoms with Crippen molar-refractivity contribution in [1.29, 1.82) is 0 Å². The summed E-state index contributed by atoms with van der Waals surface area (Å²) in [6, 6.07) is 18.3. The maximum absolute atomic E-state index is 14.8. The van der Waals surface area contributed by atoms with Crippen LogP contribution in [0.25, 0.3) is 28.2 Å². The first kappa shape index (κ1) is 26.6. The number of nitrogen functional groups attached to an aromatic ring is 1. The number of hydrogen-bond donors (Lipinski definition) is 2. The number of nitrogens with one attached hydrogen (secondary N) is 1. The van der Waals surface area contributed by atoms with Gasteiger partial charge in [0.05, 0.1) is 30.4 Å². The molecular formula is C29H24ClFN6O3. The number of benzene rings is 3. The van der Waals surface area contributed by atoms with Gasteiger partial charge in [0.2, 0.25) is 0 Å². The number of carbonyl (C=O) groups excluding carboxylic acids is 1. The molecule has 0 aliphatic heterocycles. The molecule has 5 rings (SSSR count). The first-order valence-corrected chi connectivity index (χ1v) is 12.5. The Morgan fingerprint density at radius 1 is 1.10 bits per heavy atom. The number of nitrogens with two attached hydrogens (primary N) is 1. The summed E-state index contributed by atoms with van der Waals surface area (Å²) in [4.78, 5) is 35.1. The molecular weight excluding hydrogens is 535 g/mol. The highest BCUT2D eigenvalue weighted by atomic mass is 35.5. The van der Waals surface area contributed by atoms with Gasteiger partial charge in [0.15, 0.2) is 11.6 Å². The van der Waals surface area contributed by atoms with Crippen LogP contribution in [0.2, 0.25) is 5.02 Å². The Morgan fingerprint density at radius 3 is 2.52 bits per heavy atom. The summed E-state index contributed by atoms with van der Waals surface area (Å²) >= 11 is 6.10. The van der Waals surface area contributed by atoms with Crippen LogP contribution in [-0.4, -0.2) is 32.3 Å². The maximum Gasteiger partial charge on any atom is 0.284 e. The van der Waals surface area contributed by atoms with Crippen molar-refractivity contribution in [3.8, 4) is 34.0 Å². The van der Waals surface area contributed by atoms with Gasteiger partial charge in [0.1, 0.15) is 17.1 Å². The Labute approximate surface area is 233 Å². The lowest BCUT2D eigenvalue weighted by Gasteiger charge is -2.10. The summed E-state index contributed by atoms with van der Waals surface area (Å²) in [5.74, 6) is -0.865. The number of aromatic nitrogens is 4. The fourth-order valence-corrected chi connectivity index (χ4v) is 4.56. The van der Waals surface area contributed by atoms with E-state index in [-0.39, 0.29) is 28.4 Å². The Hall–Kier alpha value is -4.96. The second-order valence-electron chi connectivity index (χ2n) is 8.92. The average Bonchev–Trinajstić information content (AvgIpc) is 3.17. The van der Waals surface area contributed by atoms with E-state index in [9.17, 15) is 14.0 Å². The average molecular weight is 559 g/mol. The van der Waals surface area contributed by atoms with Crippen LogP contribution in [-0.2, 0) is 7.05 Å². The van der Waals surface area contributed by atoms with Crippen molar-refractivity contribution in [2.24, 2.45) is 7.05 Å². The second kappa shape index (κ2) is 10.7. The molecule has 0 aliphatic carbocycles. The van der Waals surface area contributed by atoms with E-state index in [1.165, 1.54) is 24.1 Å². The van der Waals surface area contributed by atoms with Gasteiger partial charge in [-0.3, -0.25) is 14.3 Å². The van der Waals surface area contributed by atoms with E-state index in [1.54, 1.807) is 79.3 Å². The van der Waals surface area contributed by atoms with Crippen molar-refractivity contribution in [3.05, 3.63) is 105 Å². The number of methoxy groups -OCH3 is 1. The lowest BCUT2D eigenvalue weighted by molar-refractivity contribution is 0.102. The molecule has 5 aromatic rings. The van der Waals surface area contributed by atoms with Gasteiger partial charge in [-0.2, -0.15) is 0 Å².